The number of ether oxygens (including phenoxy) is 4. The number of carbonyl (C=O) groups excluding carboxylic acids is 1. The molecule has 5 aliphatic carbocycles. The molecule has 2 heterocycles. The summed E-state index contributed by atoms with van der Waals surface area (Å²) < 4.78 is 23.4. The van der Waals surface area contributed by atoms with E-state index in [-0.39, 0.29) is 34.4 Å². The van der Waals surface area contributed by atoms with Gasteiger partial charge in [0, 0.05) is 5.92 Å². The quantitative estimate of drug-likeness (QED) is 0.171. The molecule has 16 nitrogen and oxygen atoms in total. The zero-order valence-electron chi connectivity index (χ0n) is 34.4. The Labute approximate surface area is 337 Å². The van der Waals surface area contributed by atoms with Gasteiger partial charge in [0.05, 0.1) is 11.5 Å². The zero-order valence-corrected chi connectivity index (χ0v) is 34.4. The Morgan fingerprint density at radius 3 is 1.88 bits per heavy atom. The predicted molar refractivity (Wildman–Crippen MR) is 199 cm³/mol. The molecule has 0 unspecified atom stereocenters. The molecule has 0 aromatic heterocycles. The van der Waals surface area contributed by atoms with Gasteiger partial charge in [0.25, 0.3) is 0 Å². The first kappa shape index (κ1) is 43.5. The number of aliphatic hydroxyl groups excluding tert-OH is 5. The first-order valence-electron chi connectivity index (χ1n) is 20.7. The number of aliphatic carboxylic acids is 3. The van der Waals surface area contributed by atoms with E-state index in [1.165, 1.54) is 0 Å². The molecular weight excluding hydrogens is 760 g/mol. The summed E-state index contributed by atoms with van der Waals surface area (Å²) in [5, 5.41) is 83.0. The molecule has 8 N–H and O–H groups in total. The third-order valence-electron chi connectivity index (χ3n) is 17.2. The van der Waals surface area contributed by atoms with Crippen molar-refractivity contribution in [3.8, 4) is 0 Å². The lowest BCUT2D eigenvalue weighted by atomic mass is 9.33. The lowest BCUT2D eigenvalue weighted by molar-refractivity contribution is -0.371. The van der Waals surface area contributed by atoms with Gasteiger partial charge < -0.3 is 59.8 Å². The van der Waals surface area contributed by atoms with Gasteiger partial charge in [-0.2, -0.15) is 0 Å². The minimum atomic E-state index is -2.05. The first-order valence-corrected chi connectivity index (χ1v) is 20.7. The number of allylic oxidation sites excluding steroid dienone is 2. The number of carboxylic acid groups (broad SMARTS) is 3. The second-order valence-corrected chi connectivity index (χ2v) is 20.6. The summed E-state index contributed by atoms with van der Waals surface area (Å²) in [6.45, 7) is 14.8. The summed E-state index contributed by atoms with van der Waals surface area (Å²) in [6.07, 6.45) is -12.2. The summed E-state index contributed by atoms with van der Waals surface area (Å²) in [5.74, 6) is -4.47. The van der Waals surface area contributed by atoms with Gasteiger partial charge in [-0.05, 0) is 110 Å². The Morgan fingerprint density at radius 2 is 1.28 bits per heavy atom. The van der Waals surface area contributed by atoms with E-state index >= 15 is 0 Å². The lowest BCUT2D eigenvalue weighted by Crippen LogP contribution is -2.68. The van der Waals surface area contributed by atoms with Crippen molar-refractivity contribution in [2.24, 2.45) is 50.2 Å². The number of fused-ring (bicyclic) bond motifs is 7. The van der Waals surface area contributed by atoms with Crippen LogP contribution in [0.5, 0.6) is 0 Å². The second kappa shape index (κ2) is 14.3. The molecular formula is C42H62O16. The molecule has 0 aromatic carbocycles. The molecule has 0 spiro atoms. The standard InChI is InChI=1S/C42H62O16/c1-37(2)21-8-11-42(7)31(20(43)16-18-19-17-39(4,36(53)54)13-12-38(19,3)14-15-41(18,42)6)40(21,5)10-9-22(37)55-35-30(26(47)25(46)29(57-35)33(51)52)58-34-27(48)23(44)24(45)28(56-34)32(49)50/h16,19,21-31,34-35,44-48H,8-15,17H2,1-7H3,(H,49,50)(H,51,52)(H,53,54)/t19-,21+,22-,23+,24-,25-,26+,27+,28+,29+,30+,31-,34+,35-,38-,39+,40+,41-,42-/m1/s1. The van der Waals surface area contributed by atoms with E-state index in [2.05, 4.69) is 27.7 Å². The van der Waals surface area contributed by atoms with Crippen LogP contribution in [-0.4, -0.2) is 132 Å². The van der Waals surface area contributed by atoms with Gasteiger partial charge in [0.1, 0.15) is 36.6 Å². The van der Waals surface area contributed by atoms with Crippen molar-refractivity contribution in [3.63, 3.8) is 0 Å². The molecule has 0 bridgehead atoms. The maximum Gasteiger partial charge on any atom is 0.335 e. The van der Waals surface area contributed by atoms with E-state index in [1.54, 1.807) is 0 Å². The highest BCUT2D eigenvalue weighted by Crippen LogP contribution is 2.75. The summed E-state index contributed by atoms with van der Waals surface area (Å²) in [6, 6.07) is 0. The summed E-state index contributed by atoms with van der Waals surface area (Å²) in [7, 11) is 0. The van der Waals surface area contributed by atoms with Crippen LogP contribution in [-0.2, 0) is 38.1 Å². The number of rotatable bonds is 7. The van der Waals surface area contributed by atoms with Crippen LogP contribution in [0, 0.1) is 50.2 Å². The summed E-state index contributed by atoms with van der Waals surface area (Å²) in [4.78, 5) is 51.3. The Bertz CT molecular complexity index is 1730. The van der Waals surface area contributed by atoms with Crippen molar-refractivity contribution < 1.29 is 79.0 Å². The summed E-state index contributed by atoms with van der Waals surface area (Å²) in [5.41, 5.74) is -1.81. The zero-order chi connectivity index (χ0) is 42.9. The van der Waals surface area contributed by atoms with Crippen LogP contribution >= 0.6 is 0 Å². The molecule has 0 aromatic rings. The Kier molecular flexibility index (Phi) is 10.7. The van der Waals surface area contributed by atoms with E-state index in [0.717, 1.165) is 37.7 Å². The maximum absolute atomic E-state index is 14.8. The molecule has 16 heteroatoms. The molecule has 2 saturated heterocycles. The third kappa shape index (κ3) is 6.25. The Morgan fingerprint density at radius 1 is 0.690 bits per heavy atom. The fourth-order valence-corrected chi connectivity index (χ4v) is 13.4. The van der Waals surface area contributed by atoms with Crippen molar-refractivity contribution in [1.82, 2.24) is 0 Å². The molecule has 0 radical (unpaired) electrons. The van der Waals surface area contributed by atoms with Gasteiger partial charge in [0.15, 0.2) is 30.6 Å². The highest BCUT2D eigenvalue weighted by Gasteiger charge is 2.71. The van der Waals surface area contributed by atoms with Crippen LogP contribution in [0.2, 0.25) is 0 Å². The number of carbonyl (C=O) groups is 4. The number of carboxylic acids is 3. The minimum absolute atomic E-state index is 0.0217. The molecule has 0 amide bonds. The molecule has 7 aliphatic rings. The van der Waals surface area contributed by atoms with Crippen LogP contribution < -0.4 is 0 Å². The SMILES string of the molecule is CC1(C)[C@H](O[C@@H]2O[C@H](C(=O)O)[C@H](O)[C@H](O)[C@@H]2O[C@@H]2O[C@H](C(=O)O)[C@H](O)[C@H](O)[C@@H]2O)CC[C@]2(C)[C@H]3C(=O)C=C4[C@H]5C[C@@](C)(C(=O)O)CC[C@]5(C)CC[C@@]4(C)[C@]3(C)CC[C@@H]12. The topological polar surface area (TPSA) is 267 Å². The van der Waals surface area contributed by atoms with Gasteiger partial charge in [-0.25, -0.2) is 9.59 Å². The number of hydrogen-bond donors (Lipinski definition) is 8. The van der Waals surface area contributed by atoms with E-state index in [1.807, 2.05) is 26.8 Å². The highest BCUT2D eigenvalue weighted by molar-refractivity contribution is 5.95. The first-order chi connectivity index (χ1) is 26.8. The van der Waals surface area contributed by atoms with Gasteiger partial charge in [-0.15, -0.1) is 0 Å². The molecule has 2 aliphatic heterocycles. The van der Waals surface area contributed by atoms with Crippen molar-refractivity contribution >= 4 is 23.7 Å². The number of aliphatic hydroxyl groups is 5. The third-order valence-corrected chi connectivity index (χ3v) is 17.2. The van der Waals surface area contributed by atoms with Crippen LogP contribution in [0.25, 0.3) is 0 Å². The highest BCUT2D eigenvalue weighted by atomic mass is 16.8. The van der Waals surface area contributed by atoms with Gasteiger partial charge in [0.2, 0.25) is 0 Å². The Hall–Kier alpha value is -2.54. The fraction of sp³-hybridized carbons (Fsp3) is 0.857. The van der Waals surface area contributed by atoms with Crippen molar-refractivity contribution in [2.75, 3.05) is 0 Å². The van der Waals surface area contributed by atoms with Crippen molar-refractivity contribution in [3.05, 3.63) is 11.6 Å². The van der Waals surface area contributed by atoms with Crippen LogP contribution in [0.15, 0.2) is 11.6 Å². The van der Waals surface area contributed by atoms with Crippen molar-refractivity contribution in [2.45, 2.75) is 174 Å². The average molecular weight is 823 g/mol. The van der Waals surface area contributed by atoms with Crippen molar-refractivity contribution in [1.29, 1.82) is 0 Å². The summed E-state index contributed by atoms with van der Waals surface area (Å²) >= 11 is 0. The molecule has 58 heavy (non-hydrogen) atoms. The van der Waals surface area contributed by atoms with Crippen LogP contribution in [0.3, 0.4) is 0 Å². The van der Waals surface area contributed by atoms with E-state index in [4.69, 9.17) is 18.9 Å². The molecule has 19 atom stereocenters. The van der Waals surface area contributed by atoms with Crippen LogP contribution in [0.1, 0.15) is 106 Å². The van der Waals surface area contributed by atoms with Crippen LogP contribution in [0.4, 0.5) is 0 Å². The lowest BCUT2D eigenvalue weighted by Gasteiger charge is -2.70. The van der Waals surface area contributed by atoms with Gasteiger partial charge in [-0.3, -0.25) is 9.59 Å². The maximum atomic E-state index is 14.8. The minimum Gasteiger partial charge on any atom is -0.481 e. The predicted octanol–water partition coefficient (Wildman–Crippen LogP) is 2.25. The van der Waals surface area contributed by atoms with Gasteiger partial charge in [-0.1, -0.05) is 47.1 Å². The number of ketones is 1. The monoisotopic (exact) mass is 822 g/mol. The molecule has 7 rings (SSSR count). The van der Waals surface area contributed by atoms with E-state index < -0.39 is 107 Å². The van der Waals surface area contributed by atoms with E-state index in [0.29, 0.717) is 25.7 Å². The Balaban J connectivity index is 1.17. The normalized spacial score (nSPS) is 52.6. The second-order valence-electron chi connectivity index (χ2n) is 20.6. The van der Waals surface area contributed by atoms with E-state index in [9.17, 15) is 60.0 Å². The van der Waals surface area contributed by atoms with Gasteiger partial charge >= 0.3 is 17.9 Å². The molecule has 4 saturated carbocycles. The number of hydrogen-bond acceptors (Lipinski definition) is 13. The molecule has 6 fully saturated rings. The fourth-order valence-electron chi connectivity index (χ4n) is 13.4. The smallest absolute Gasteiger partial charge is 0.335 e. The molecule has 326 valence electrons. The largest absolute Gasteiger partial charge is 0.481 e. The average Bonchev–Trinajstić information content (AvgIpc) is 3.13.